The molecule has 0 bridgehead atoms. The third-order valence-corrected chi connectivity index (χ3v) is 3.67. The molecular weight excluding hydrogens is 226 g/mol. The van der Waals surface area contributed by atoms with E-state index in [1.54, 1.807) is 6.33 Å². The maximum absolute atomic E-state index is 4.25. The van der Waals surface area contributed by atoms with Gasteiger partial charge < -0.3 is 9.88 Å². The number of nitrogens with zero attached hydrogens (tertiary/aromatic N) is 4. The molecule has 0 saturated heterocycles. The van der Waals surface area contributed by atoms with Crippen LogP contribution in [-0.4, -0.2) is 26.4 Å². The molecule has 2 aromatic rings. The van der Waals surface area contributed by atoms with Gasteiger partial charge in [0.25, 0.3) is 0 Å². The minimum Gasteiger partial charge on any atom is -0.346 e. The largest absolute Gasteiger partial charge is 0.346 e. The second-order valence-corrected chi connectivity index (χ2v) is 5.02. The van der Waals surface area contributed by atoms with E-state index in [-0.39, 0.29) is 0 Å². The van der Waals surface area contributed by atoms with Crippen LogP contribution in [0.4, 0.5) is 0 Å². The van der Waals surface area contributed by atoms with Crippen molar-refractivity contribution in [2.45, 2.75) is 25.4 Å². The maximum atomic E-state index is 4.25. The smallest absolute Gasteiger partial charge is 0.146 e. The van der Waals surface area contributed by atoms with Crippen molar-refractivity contribution in [3.05, 3.63) is 36.2 Å². The van der Waals surface area contributed by atoms with E-state index in [9.17, 15) is 0 Å². The SMILES string of the molecule is CNC(c1ccn(Cc2ncnn2C)c1)C1CC1. The van der Waals surface area contributed by atoms with Crippen molar-refractivity contribution in [1.82, 2.24) is 24.6 Å². The van der Waals surface area contributed by atoms with Gasteiger partial charge in [-0.2, -0.15) is 5.10 Å². The van der Waals surface area contributed by atoms with Gasteiger partial charge in [-0.15, -0.1) is 0 Å². The van der Waals surface area contributed by atoms with Crippen LogP contribution in [-0.2, 0) is 13.6 Å². The molecule has 1 N–H and O–H groups in total. The van der Waals surface area contributed by atoms with Crippen molar-refractivity contribution >= 4 is 0 Å². The predicted molar refractivity (Wildman–Crippen MR) is 69.1 cm³/mol. The molecule has 2 aromatic heterocycles. The van der Waals surface area contributed by atoms with Crippen molar-refractivity contribution in [2.24, 2.45) is 13.0 Å². The van der Waals surface area contributed by atoms with Crippen LogP contribution in [0.1, 0.15) is 30.3 Å². The Labute approximate surface area is 107 Å². The summed E-state index contributed by atoms with van der Waals surface area (Å²) in [4.78, 5) is 4.25. The van der Waals surface area contributed by atoms with Gasteiger partial charge in [-0.1, -0.05) is 0 Å². The van der Waals surface area contributed by atoms with Crippen LogP contribution in [0.2, 0.25) is 0 Å². The van der Waals surface area contributed by atoms with Crippen molar-refractivity contribution in [3.63, 3.8) is 0 Å². The topological polar surface area (TPSA) is 47.7 Å². The van der Waals surface area contributed by atoms with Crippen molar-refractivity contribution in [2.75, 3.05) is 7.05 Å². The summed E-state index contributed by atoms with van der Waals surface area (Å²) in [5.74, 6) is 1.80. The molecule has 1 aliphatic rings. The zero-order chi connectivity index (χ0) is 12.5. The highest BCUT2D eigenvalue weighted by Crippen LogP contribution is 2.40. The monoisotopic (exact) mass is 245 g/mol. The van der Waals surface area contributed by atoms with Gasteiger partial charge in [0.05, 0.1) is 6.54 Å². The summed E-state index contributed by atoms with van der Waals surface area (Å²) in [6, 6.07) is 2.71. The van der Waals surface area contributed by atoms with Gasteiger partial charge in [-0.25, -0.2) is 4.98 Å². The molecule has 1 atom stereocenters. The molecular formula is C13H19N5. The molecule has 0 amide bonds. The highest BCUT2D eigenvalue weighted by atomic mass is 15.3. The summed E-state index contributed by atoms with van der Waals surface area (Å²) < 4.78 is 3.99. The van der Waals surface area contributed by atoms with Gasteiger partial charge in [0.2, 0.25) is 0 Å². The quantitative estimate of drug-likeness (QED) is 0.864. The van der Waals surface area contributed by atoms with Gasteiger partial charge in [0.1, 0.15) is 12.2 Å². The van der Waals surface area contributed by atoms with E-state index in [2.05, 4.69) is 38.4 Å². The Kier molecular flexibility index (Phi) is 2.91. The summed E-state index contributed by atoms with van der Waals surface area (Å²) in [5.41, 5.74) is 1.38. The van der Waals surface area contributed by atoms with Crippen LogP contribution in [0, 0.1) is 5.92 Å². The summed E-state index contributed by atoms with van der Waals surface area (Å²) in [6.07, 6.45) is 8.63. The van der Waals surface area contributed by atoms with Gasteiger partial charge in [0, 0.05) is 25.5 Å². The maximum Gasteiger partial charge on any atom is 0.146 e. The Hall–Kier alpha value is -1.62. The minimum atomic E-state index is 0.505. The summed E-state index contributed by atoms with van der Waals surface area (Å²) in [7, 11) is 3.97. The lowest BCUT2D eigenvalue weighted by Gasteiger charge is -2.13. The number of aromatic nitrogens is 4. The molecule has 18 heavy (non-hydrogen) atoms. The van der Waals surface area contributed by atoms with Gasteiger partial charge in [-0.05, 0) is 37.4 Å². The lowest BCUT2D eigenvalue weighted by atomic mass is 10.1. The van der Waals surface area contributed by atoms with Gasteiger partial charge in [0.15, 0.2) is 0 Å². The normalized spacial score (nSPS) is 17.0. The van der Waals surface area contributed by atoms with Crippen LogP contribution in [0.3, 0.4) is 0 Å². The van der Waals surface area contributed by atoms with E-state index in [4.69, 9.17) is 0 Å². The van der Waals surface area contributed by atoms with Crippen LogP contribution in [0.15, 0.2) is 24.8 Å². The first-order valence-corrected chi connectivity index (χ1v) is 6.43. The zero-order valence-corrected chi connectivity index (χ0v) is 10.9. The van der Waals surface area contributed by atoms with E-state index in [1.165, 1.54) is 18.4 Å². The Bertz CT molecular complexity index is 523. The third-order valence-electron chi connectivity index (χ3n) is 3.67. The number of hydrogen-bond acceptors (Lipinski definition) is 3. The molecule has 0 aromatic carbocycles. The average molecular weight is 245 g/mol. The Morgan fingerprint density at radius 3 is 2.94 bits per heavy atom. The first kappa shape index (κ1) is 11.5. The number of rotatable bonds is 5. The molecule has 5 heteroatoms. The number of nitrogens with one attached hydrogen (secondary N) is 1. The third kappa shape index (κ3) is 2.18. The molecule has 1 aliphatic carbocycles. The van der Waals surface area contributed by atoms with Crippen LogP contribution < -0.4 is 5.32 Å². The highest BCUT2D eigenvalue weighted by Gasteiger charge is 2.31. The zero-order valence-electron chi connectivity index (χ0n) is 10.9. The minimum absolute atomic E-state index is 0.505. The summed E-state index contributed by atoms with van der Waals surface area (Å²) in [5, 5.41) is 7.51. The lowest BCUT2D eigenvalue weighted by Crippen LogP contribution is -2.17. The standard InChI is InChI=1S/C13H19N5/c1-14-13(10-3-4-10)11-5-6-18(7-11)8-12-15-9-16-17(12)2/h5-7,9-10,13-14H,3-4,8H2,1-2H3. The first-order valence-electron chi connectivity index (χ1n) is 6.43. The summed E-state index contributed by atoms with van der Waals surface area (Å²) >= 11 is 0. The molecule has 0 spiro atoms. The van der Waals surface area contributed by atoms with Gasteiger partial charge in [-0.3, -0.25) is 4.68 Å². The Balaban J connectivity index is 1.75. The molecule has 96 valence electrons. The molecule has 3 rings (SSSR count). The molecule has 2 heterocycles. The molecule has 1 fully saturated rings. The first-order chi connectivity index (χ1) is 8.78. The van der Waals surface area contributed by atoms with Crippen molar-refractivity contribution in [1.29, 1.82) is 0 Å². The Morgan fingerprint density at radius 2 is 2.33 bits per heavy atom. The molecule has 1 unspecified atom stereocenters. The second-order valence-electron chi connectivity index (χ2n) is 5.02. The van der Waals surface area contributed by atoms with Crippen molar-refractivity contribution in [3.8, 4) is 0 Å². The fourth-order valence-corrected chi connectivity index (χ4v) is 2.47. The van der Waals surface area contributed by atoms with E-state index in [0.29, 0.717) is 6.04 Å². The van der Waals surface area contributed by atoms with Crippen LogP contribution in [0.5, 0.6) is 0 Å². The molecule has 5 nitrogen and oxygen atoms in total. The van der Waals surface area contributed by atoms with E-state index >= 15 is 0 Å². The average Bonchev–Trinajstić information content (AvgIpc) is 2.96. The fraction of sp³-hybridized carbons (Fsp3) is 0.538. The fourth-order valence-electron chi connectivity index (χ4n) is 2.47. The lowest BCUT2D eigenvalue weighted by molar-refractivity contribution is 0.527. The predicted octanol–water partition coefficient (Wildman–Crippen LogP) is 1.34. The Morgan fingerprint density at radius 1 is 1.50 bits per heavy atom. The molecule has 0 radical (unpaired) electrons. The highest BCUT2D eigenvalue weighted by molar-refractivity contribution is 5.18. The van der Waals surface area contributed by atoms with Crippen LogP contribution in [0.25, 0.3) is 0 Å². The molecule has 1 saturated carbocycles. The van der Waals surface area contributed by atoms with Crippen molar-refractivity contribution < 1.29 is 0 Å². The van der Waals surface area contributed by atoms with E-state index < -0.39 is 0 Å². The number of aryl methyl sites for hydroxylation is 1. The summed E-state index contributed by atoms with van der Waals surface area (Å²) in [6.45, 7) is 0.775. The number of hydrogen-bond donors (Lipinski definition) is 1. The van der Waals surface area contributed by atoms with Crippen LogP contribution >= 0.6 is 0 Å². The molecule has 0 aliphatic heterocycles. The van der Waals surface area contributed by atoms with Gasteiger partial charge >= 0.3 is 0 Å². The second kappa shape index (κ2) is 4.57. The van der Waals surface area contributed by atoms with E-state index in [0.717, 1.165) is 18.3 Å². The van der Waals surface area contributed by atoms with E-state index in [1.807, 2.05) is 18.8 Å².